The summed E-state index contributed by atoms with van der Waals surface area (Å²) in [5, 5.41) is 2.94. The van der Waals surface area contributed by atoms with E-state index in [0.29, 0.717) is 4.88 Å². The molecule has 2 nitrogen and oxygen atoms in total. The minimum atomic E-state index is -0.0751. The number of thiophene rings is 1. The Morgan fingerprint density at radius 3 is 2.55 bits per heavy atom. The van der Waals surface area contributed by atoms with Gasteiger partial charge in [-0.3, -0.25) is 4.79 Å². The van der Waals surface area contributed by atoms with E-state index in [1.54, 1.807) is 0 Å². The first-order valence-electron chi connectivity index (χ1n) is 6.86. The number of benzene rings is 2. The molecule has 3 aromatic rings. The molecule has 0 aliphatic rings. The minimum absolute atomic E-state index is 0.0751. The smallest absolute Gasteiger partial charge is 0.265 e. The van der Waals surface area contributed by atoms with Gasteiger partial charge in [-0.2, -0.15) is 0 Å². The molecule has 3 rings (SSSR count). The highest BCUT2D eigenvalue weighted by Gasteiger charge is 2.11. The molecule has 0 spiro atoms. The fourth-order valence-corrected chi connectivity index (χ4v) is 3.29. The molecular formula is C18H14BrNOS. The van der Waals surface area contributed by atoms with Crippen molar-refractivity contribution in [1.29, 1.82) is 0 Å². The Labute approximate surface area is 141 Å². The second-order valence-corrected chi connectivity index (χ2v) is 6.89. The summed E-state index contributed by atoms with van der Waals surface area (Å²) < 4.78 is 1.04. The molecule has 1 aromatic heterocycles. The first-order valence-corrected chi connectivity index (χ1v) is 8.47. The van der Waals surface area contributed by atoms with Gasteiger partial charge >= 0.3 is 0 Å². The van der Waals surface area contributed by atoms with Gasteiger partial charge in [0.05, 0.1) is 4.88 Å². The molecule has 110 valence electrons. The molecule has 0 unspecified atom stereocenters. The Morgan fingerprint density at radius 2 is 1.82 bits per heavy atom. The maximum Gasteiger partial charge on any atom is 0.265 e. The lowest BCUT2D eigenvalue weighted by atomic mass is 10.2. The van der Waals surface area contributed by atoms with E-state index in [9.17, 15) is 4.79 Å². The first kappa shape index (κ1) is 15.0. The Kier molecular flexibility index (Phi) is 4.41. The second-order valence-electron chi connectivity index (χ2n) is 4.95. The van der Waals surface area contributed by atoms with Crippen molar-refractivity contribution in [2.45, 2.75) is 6.92 Å². The third-order valence-corrected chi connectivity index (χ3v) is 5.33. The largest absolute Gasteiger partial charge is 0.321 e. The summed E-state index contributed by atoms with van der Waals surface area (Å²) in [6.07, 6.45) is 0. The van der Waals surface area contributed by atoms with Crippen LogP contribution in [-0.2, 0) is 0 Å². The van der Waals surface area contributed by atoms with Crippen LogP contribution in [0.15, 0.2) is 65.1 Å². The molecule has 0 atom stereocenters. The van der Waals surface area contributed by atoms with Crippen molar-refractivity contribution in [3.05, 3.63) is 75.6 Å². The number of hydrogen-bond acceptors (Lipinski definition) is 2. The highest BCUT2D eigenvalue weighted by molar-refractivity contribution is 9.10. The highest BCUT2D eigenvalue weighted by atomic mass is 79.9. The molecular weight excluding hydrogens is 358 g/mol. The maximum atomic E-state index is 12.3. The van der Waals surface area contributed by atoms with Gasteiger partial charge in [0.15, 0.2) is 0 Å². The summed E-state index contributed by atoms with van der Waals surface area (Å²) in [4.78, 5) is 14.1. The summed E-state index contributed by atoms with van der Waals surface area (Å²) in [5.41, 5.74) is 3.03. The maximum absolute atomic E-state index is 12.3. The lowest BCUT2D eigenvalue weighted by molar-refractivity contribution is 0.103. The first-order chi connectivity index (χ1) is 10.6. The van der Waals surface area contributed by atoms with Gasteiger partial charge in [0, 0.05) is 15.0 Å². The number of carbonyl (C=O) groups excluding carboxylic acids is 1. The van der Waals surface area contributed by atoms with E-state index in [0.717, 1.165) is 26.2 Å². The van der Waals surface area contributed by atoms with Crippen molar-refractivity contribution in [2.24, 2.45) is 0 Å². The molecule has 0 aliphatic carbocycles. The summed E-state index contributed by atoms with van der Waals surface area (Å²) in [6, 6.07) is 19.7. The lowest BCUT2D eigenvalue weighted by Crippen LogP contribution is -2.10. The van der Waals surface area contributed by atoms with Gasteiger partial charge in [0.25, 0.3) is 5.91 Å². The molecule has 0 saturated carbocycles. The standard InChI is InChI=1S/C18H14BrNOS/c1-12-11-14(7-8-15(12)19)20-18(21)17-10-9-16(22-17)13-5-3-2-4-6-13/h2-11H,1H3,(H,20,21). The number of halogens is 1. The third-order valence-electron chi connectivity index (χ3n) is 3.30. The molecule has 22 heavy (non-hydrogen) atoms. The Morgan fingerprint density at radius 1 is 1.05 bits per heavy atom. The van der Waals surface area contributed by atoms with Crippen LogP contribution >= 0.6 is 27.3 Å². The lowest BCUT2D eigenvalue weighted by Gasteiger charge is -2.05. The van der Waals surface area contributed by atoms with Gasteiger partial charge in [-0.1, -0.05) is 46.3 Å². The number of hydrogen-bond donors (Lipinski definition) is 1. The van der Waals surface area contributed by atoms with Crippen molar-refractivity contribution < 1.29 is 4.79 Å². The number of carbonyl (C=O) groups is 1. The minimum Gasteiger partial charge on any atom is -0.321 e. The fourth-order valence-electron chi connectivity index (χ4n) is 2.13. The van der Waals surface area contributed by atoms with Crippen LogP contribution in [0.25, 0.3) is 10.4 Å². The number of nitrogens with one attached hydrogen (secondary N) is 1. The normalized spacial score (nSPS) is 10.5. The molecule has 1 N–H and O–H groups in total. The predicted octanol–water partition coefficient (Wildman–Crippen LogP) is 5.74. The summed E-state index contributed by atoms with van der Waals surface area (Å²) in [7, 11) is 0. The molecule has 1 amide bonds. The second kappa shape index (κ2) is 6.46. The molecule has 2 aromatic carbocycles. The zero-order chi connectivity index (χ0) is 15.5. The predicted molar refractivity (Wildman–Crippen MR) is 96.6 cm³/mol. The Hall–Kier alpha value is -1.91. The average Bonchev–Trinajstić information content (AvgIpc) is 3.02. The SMILES string of the molecule is Cc1cc(NC(=O)c2ccc(-c3ccccc3)s2)ccc1Br. The molecule has 0 saturated heterocycles. The van der Waals surface area contributed by atoms with Crippen LogP contribution in [0.1, 0.15) is 15.2 Å². The summed E-state index contributed by atoms with van der Waals surface area (Å²) in [6.45, 7) is 2.00. The number of amides is 1. The van der Waals surface area contributed by atoms with E-state index in [2.05, 4.69) is 21.2 Å². The Bertz CT molecular complexity index is 811. The van der Waals surface area contributed by atoms with Gasteiger partial charge in [0.2, 0.25) is 0 Å². The van der Waals surface area contributed by atoms with Crippen LogP contribution in [0.5, 0.6) is 0 Å². The van der Waals surface area contributed by atoms with Crippen molar-refractivity contribution in [3.63, 3.8) is 0 Å². The highest BCUT2D eigenvalue weighted by Crippen LogP contribution is 2.28. The molecule has 0 aliphatic heterocycles. The number of aryl methyl sites for hydroxylation is 1. The number of rotatable bonds is 3. The van der Waals surface area contributed by atoms with E-state index in [4.69, 9.17) is 0 Å². The molecule has 0 radical (unpaired) electrons. The van der Waals surface area contributed by atoms with Gasteiger partial charge in [0.1, 0.15) is 0 Å². The third kappa shape index (κ3) is 3.29. The van der Waals surface area contributed by atoms with E-state index in [-0.39, 0.29) is 5.91 Å². The topological polar surface area (TPSA) is 29.1 Å². The molecule has 0 fully saturated rings. The van der Waals surface area contributed by atoms with Gasteiger partial charge in [-0.25, -0.2) is 0 Å². The van der Waals surface area contributed by atoms with E-state index < -0.39 is 0 Å². The quantitative estimate of drug-likeness (QED) is 0.624. The van der Waals surface area contributed by atoms with E-state index >= 15 is 0 Å². The number of anilines is 1. The molecule has 0 bridgehead atoms. The van der Waals surface area contributed by atoms with Crippen LogP contribution < -0.4 is 5.32 Å². The van der Waals surface area contributed by atoms with Crippen LogP contribution in [0.2, 0.25) is 0 Å². The summed E-state index contributed by atoms with van der Waals surface area (Å²) >= 11 is 4.96. The average molecular weight is 372 g/mol. The van der Waals surface area contributed by atoms with Crippen molar-refractivity contribution >= 4 is 38.9 Å². The fraction of sp³-hybridized carbons (Fsp3) is 0.0556. The van der Waals surface area contributed by atoms with Crippen molar-refractivity contribution in [3.8, 4) is 10.4 Å². The van der Waals surface area contributed by atoms with Crippen LogP contribution in [-0.4, -0.2) is 5.91 Å². The molecule has 4 heteroatoms. The van der Waals surface area contributed by atoms with Crippen molar-refractivity contribution in [1.82, 2.24) is 0 Å². The molecule has 1 heterocycles. The van der Waals surface area contributed by atoms with E-state index in [1.165, 1.54) is 11.3 Å². The van der Waals surface area contributed by atoms with Crippen LogP contribution in [0.4, 0.5) is 5.69 Å². The summed E-state index contributed by atoms with van der Waals surface area (Å²) in [5.74, 6) is -0.0751. The van der Waals surface area contributed by atoms with Crippen LogP contribution in [0.3, 0.4) is 0 Å². The van der Waals surface area contributed by atoms with Crippen LogP contribution in [0, 0.1) is 6.92 Å². The van der Waals surface area contributed by atoms with Gasteiger partial charge < -0.3 is 5.32 Å². The Balaban J connectivity index is 1.78. The van der Waals surface area contributed by atoms with E-state index in [1.807, 2.05) is 67.6 Å². The zero-order valence-corrected chi connectivity index (χ0v) is 14.4. The van der Waals surface area contributed by atoms with Gasteiger partial charge in [-0.05, 0) is 48.4 Å². The van der Waals surface area contributed by atoms with Gasteiger partial charge in [-0.15, -0.1) is 11.3 Å². The van der Waals surface area contributed by atoms with Crippen molar-refractivity contribution in [2.75, 3.05) is 5.32 Å². The monoisotopic (exact) mass is 371 g/mol. The zero-order valence-electron chi connectivity index (χ0n) is 12.0.